The first-order chi connectivity index (χ1) is 4.88. The van der Waals surface area contributed by atoms with Crippen LogP contribution < -0.4 is 0 Å². The Morgan fingerprint density at radius 3 is 2.27 bits per heavy atom. The summed E-state index contributed by atoms with van der Waals surface area (Å²) in [6.45, 7) is 0. The van der Waals surface area contributed by atoms with E-state index in [-0.39, 0.29) is 12.8 Å². The minimum absolute atomic E-state index is 0.119. The van der Waals surface area contributed by atoms with Crippen LogP contribution in [0, 0.1) is 0 Å². The number of carbonyl (C=O) groups excluding carboxylic acids is 1. The van der Waals surface area contributed by atoms with E-state index in [1.165, 1.54) is 0 Å². The summed E-state index contributed by atoms with van der Waals surface area (Å²) in [6.07, 6.45) is 0.831. The number of rotatable bonds is 0. The highest BCUT2D eigenvalue weighted by Crippen LogP contribution is 2.41. The molecule has 2 N–H and O–H groups in total. The van der Waals surface area contributed by atoms with E-state index in [9.17, 15) is 4.79 Å². The van der Waals surface area contributed by atoms with Crippen molar-refractivity contribution in [1.29, 1.82) is 0 Å². The first-order valence-electron chi connectivity index (χ1n) is 3.24. The summed E-state index contributed by atoms with van der Waals surface area (Å²) in [5.74, 6) is -3.29. The number of alkyl halides is 2. The van der Waals surface area contributed by atoms with E-state index in [1.54, 1.807) is 0 Å². The summed E-state index contributed by atoms with van der Waals surface area (Å²) in [4.78, 5) is 10.9. The molecule has 0 aromatic heterocycles. The fourth-order valence-corrected chi connectivity index (χ4v) is 1.50. The summed E-state index contributed by atoms with van der Waals surface area (Å²) in [5.41, 5.74) is 0. The summed E-state index contributed by atoms with van der Waals surface area (Å²) in [7, 11) is 0. The minimum Gasteiger partial charge on any atom is -0.357 e. The first kappa shape index (κ1) is 9.26. The van der Waals surface area contributed by atoms with Crippen LogP contribution >= 0.6 is 23.2 Å². The molecular weight excluding hydrogens is 191 g/mol. The standard InChI is InChI=1S/C6H8Cl2O3/c7-5(8)3-1-2-4(9)6(5,10)11/h10-11H,1-3H2. The van der Waals surface area contributed by atoms with E-state index >= 15 is 0 Å². The molecule has 0 bridgehead atoms. The van der Waals surface area contributed by atoms with E-state index in [1.807, 2.05) is 0 Å². The van der Waals surface area contributed by atoms with E-state index in [4.69, 9.17) is 33.4 Å². The first-order valence-corrected chi connectivity index (χ1v) is 3.99. The molecule has 5 heteroatoms. The highest BCUT2D eigenvalue weighted by molar-refractivity contribution is 6.50. The van der Waals surface area contributed by atoms with Gasteiger partial charge in [-0.3, -0.25) is 4.79 Å². The Balaban J connectivity index is 2.91. The van der Waals surface area contributed by atoms with Crippen LogP contribution in [0.1, 0.15) is 19.3 Å². The highest BCUT2D eigenvalue weighted by Gasteiger charge is 2.54. The van der Waals surface area contributed by atoms with Gasteiger partial charge in [-0.25, -0.2) is 0 Å². The summed E-state index contributed by atoms with van der Waals surface area (Å²) >= 11 is 11.0. The summed E-state index contributed by atoms with van der Waals surface area (Å²) in [6, 6.07) is 0. The monoisotopic (exact) mass is 198 g/mol. The Morgan fingerprint density at radius 1 is 1.36 bits per heavy atom. The van der Waals surface area contributed by atoms with Crippen LogP contribution in [0.2, 0.25) is 0 Å². The van der Waals surface area contributed by atoms with Gasteiger partial charge in [0, 0.05) is 6.42 Å². The number of carbonyl (C=O) groups is 1. The maximum Gasteiger partial charge on any atom is 0.258 e. The molecule has 0 unspecified atom stereocenters. The second kappa shape index (κ2) is 2.59. The average Bonchev–Trinajstić information content (AvgIpc) is 1.84. The van der Waals surface area contributed by atoms with Gasteiger partial charge in [0.2, 0.25) is 0 Å². The van der Waals surface area contributed by atoms with Crippen molar-refractivity contribution in [2.45, 2.75) is 29.4 Å². The molecule has 1 fully saturated rings. The molecular formula is C6H8Cl2O3. The Labute approximate surface area is 73.9 Å². The molecule has 0 radical (unpaired) electrons. The molecule has 64 valence electrons. The van der Waals surface area contributed by atoms with Crippen LogP contribution in [0.4, 0.5) is 0 Å². The van der Waals surface area contributed by atoms with E-state index in [0.29, 0.717) is 6.42 Å². The lowest BCUT2D eigenvalue weighted by Gasteiger charge is -2.36. The topological polar surface area (TPSA) is 57.5 Å². The molecule has 0 amide bonds. The van der Waals surface area contributed by atoms with Gasteiger partial charge in [0.15, 0.2) is 10.1 Å². The van der Waals surface area contributed by atoms with Gasteiger partial charge in [-0.05, 0) is 12.8 Å². The number of ketones is 1. The van der Waals surface area contributed by atoms with Crippen molar-refractivity contribution in [2.75, 3.05) is 0 Å². The molecule has 3 nitrogen and oxygen atoms in total. The maximum absolute atomic E-state index is 10.9. The smallest absolute Gasteiger partial charge is 0.258 e. The number of aliphatic hydroxyl groups is 2. The minimum atomic E-state index is -2.58. The Kier molecular flexibility index (Phi) is 2.18. The van der Waals surface area contributed by atoms with Crippen LogP contribution in [-0.4, -0.2) is 26.1 Å². The second-order valence-electron chi connectivity index (χ2n) is 2.65. The van der Waals surface area contributed by atoms with E-state index in [2.05, 4.69) is 0 Å². The van der Waals surface area contributed by atoms with Crippen LogP contribution in [0.15, 0.2) is 0 Å². The van der Waals surface area contributed by atoms with Crippen molar-refractivity contribution in [1.82, 2.24) is 0 Å². The Bertz CT molecular complexity index is 188. The quantitative estimate of drug-likeness (QED) is 0.443. The molecule has 0 atom stereocenters. The fourth-order valence-electron chi connectivity index (χ4n) is 1.02. The van der Waals surface area contributed by atoms with Gasteiger partial charge in [-0.1, -0.05) is 23.2 Å². The SMILES string of the molecule is O=C1CCCC(Cl)(Cl)C1(O)O. The molecule has 0 aliphatic heterocycles. The van der Waals surface area contributed by atoms with E-state index < -0.39 is 15.9 Å². The van der Waals surface area contributed by atoms with Crippen molar-refractivity contribution < 1.29 is 15.0 Å². The number of Topliss-reactive ketones (excluding diaryl/α,β-unsaturated/α-hetero) is 1. The lowest BCUT2D eigenvalue weighted by Crippen LogP contribution is -2.55. The van der Waals surface area contributed by atoms with Crippen LogP contribution in [0.5, 0.6) is 0 Å². The largest absolute Gasteiger partial charge is 0.357 e. The number of hydrogen-bond donors (Lipinski definition) is 2. The lowest BCUT2D eigenvalue weighted by atomic mass is 9.92. The predicted octanol–water partition coefficient (Wildman–Crippen LogP) is 0.594. The number of halogens is 2. The zero-order valence-electron chi connectivity index (χ0n) is 5.68. The van der Waals surface area contributed by atoms with Crippen LogP contribution in [0.25, 0.3) is 0 Å². The van der Waals surface area contributed by atoms with Crippen molar-refractivity contribution in [2.24, 2.45) is 0 Å². The second-order valence-corrected chi connectivity index (χ2v) is 4.14. The molecule has 0 aromatic carbocycles. The number of hydrogen-bond acceptors (Lipinski definition) is 3. The third-order valence-corrected chi connectivity index (χ3v) is 2.70. The molecule has 0 heterocycles. The van der Waals surface area contributed by atoms with Gasteiger partial charge >= 0.3 is 0 Å². The van der Waals surface area contributed by atoms with Gasteiger partial charge in [0.05, 0.1) is 0 Å². The lowest BCUT2D eigenvalue weighted by molar-refractivity contribution is -0.193. The van der Waals surface area contributed by atoms with Crippen LogP contribution in [0.3, 0.4) is 0 Å². The Hall–Kier alpha value is 0.170. The molecule has 1 saturated carbocycles. The van der Waals surface area contributed by atoms with E-state index in [0.717, 1.165) is 0 Å². The van der Waals surface area contributed by atoms with Crippen molar-refractivity contribution in [3.05, 3.63) is 0 Å². The van der Waals surface area contributed by atoms with Crippen molar-refractivity contribution in [3.63, 3.8) is 0 Å². The van der Waals surface area contributed by atoms with Gasteiger partial charge in [0.1, 0.15) is 0 Å². The van der Waals surface area contributed by atoms with Crippen molar-refractivity contribution >= 4 is 29.0 Å². The maximum atomic E-state index is 10.9. The summed E-state index contributed by atoms with van der Waals surface area (Å²) < 4.78 is -1.75. The van der Waals surface area contributed by atoms with Crippen molar-refractivity contribution in [3.8, 4) is 0 Å². The fraction of sp³-hybridized carbons (Fsp3) is 0.833. The zero-order chi connectivity index (χ0) is 8.70. The summed E-state index contributed by atoms with van der Waals surface area (Å²) in [5, 5.41) is 18.2. The molecule has 0 saturated heterocycles. The zero-order valence-corrected chi connectivity index (χ0v) is 7.19. The highest BCUT2D eigenvalue weighted by atomic mass is 35.5. The van der Waals surface area contributed by atoms with Gasteiger partial charge in [-0.15, -0.1) is 0 Å². The van der Waals surface area contributed by atoms with Gasteiger partial charge in [0.25, 0.3) is 5.79 Å². The van der Waals surface area contributed by atoms with Gasteiger partial charge in [-0.2, -0.15) is 0 Å². The molecule has 1 aliphatic carbocycles. The third-order valence-electron chi connectivity index (χ3n) is 1.79. The third kappa shape index (κ3) is 1.38. The van der Waals surface area contributed by atoms with Gasteiger partial charge < -0.3 is 10.2 Å². The molecule has 0 aromatic rings. The Morgan fingerprint density at radius 2 is 1.91 bits per heavy atom. The molecule has 1 aliphatic rings. The normalized spacial score (nSPS) is 28.5. The molecule has 0 spiro atoms. The molecule has 11 heavy (non-hydrogen) atoms. The predicted molar refractivity (Wildman–Crippen MR) is 40.5 cm³/mol. The van der Waals surface area contributed by atoms with Crippen LogP contribution in [-0.2, 0) is 4.79 Å². The average molecular weight is 199 g/mol. The molecule has 1 rings (SSSR count).